The van der Waals surface area contributed by atoms with Crippen molar-refractivity contribution < 1.29 is 4.79 Å². The first-order chi connectivity index (χ1) is 11.5. The summed E-state index contributed by atoms with van der Waals surface area (Å²) in [5, 5.41) is 0. The fraction of sp³-hybridized carbons (Fsp3) is 0.650. The van der Waals surface area contributed by atoms with E-state index in [0.29, 0.717) is 11.8 Å². The number of carbonyl (C=O) groups excluding carboxylic acids is 1. The Kier molecular flexibility index (Phi) is 12.2. The predicted molar refractivity (Wildman–Crippen MR) is 114 cm³/mol. The van der Waals surface area contributed by atoms with Gasteiger partial charge < -0.3 is 10.6 Å². The number of benzene rings is 1. The van der Waals surface area contributed by atoms with Gasteiger partial charge >= 0.3 is 0 Å². The molecule has 1 aliphatic heterocycles. The minimum absolute atomic E-state index is 0. The maximum absolute atomic E-state index is 12.6. The van der Waals surface area contributed by atoms with Gasteiger partial charge in [0.05, 0.1) is 6.04 Å². The van der Waals surface area contributed by atoms with Crippen molar-refractivity contribution >= 4 is 30.7 Å². The molecule has 1 heterocycles. The van der Waals surface area contributed by atoms with E-state index in [-0.39, 0.29) is 36.8 Å². The summed E-state index contributed by atoms with van der Waals surface area (Å²) in [6.07, 6.45) is 1.93. The van der Waals surface area contributed by atoms with E-state index in [9.17, 15) is 4.79 Å². The van der Waals surface area contributed by atoms with Crippen LogP contribution in [0, 0.1) is 11.8 Å². The second-order valence-corrected chi connectivity index (χ2v) is 7.49. The van der Waals surface area contributed by atoms with Crippen molar-refractivity contribution in [2.45, 2.75) is 46.2 Å². The Morgan fingerprint density at radius 1 is 1.27 bits per heavy atom. The summed E-state index contributed by atoms with van der Waals surface area (Å²) in [5.74, 6) is 1.13. The number of hydrogen-bond acceptors (Lipinski definition) is 3. The fourth-order valence-corrected chi connectivity index (χ4v) is 3.58. The molecule has 0 aromatic heterocycles. The molecule has 0 spiro atoms. The minimum Gasteiger partial charge on any atom is -0.341 e. The first-order valence-corrected chi connectivity index (χ1v) is 9.30. The van der Waals surface area contributed by atoms with E-state index in [4.69, 9.17) is 5.73 Å². The molecule has 2 atom stereocenters. The zero-order valence-corrected chi connectivity index (χ0v) is 17.9. The third kappa shape index (κ3) is 7.83. The van der Waals surface area contributed by atoms with Gasteiger partial charge in [0.15, 0.2) is 0 Å². The van der Waals surface area contributed by atoms with Gasteiger partial charge in [-0.05, 0) is 43.7 Å². The molecule has 0 saturated carbocycles. The average molecular weight is 404 g/mol. The van der Waals surface area contributed by atoms with Crippen LogP contribution in [0.1, 0.15) is 39.2 Å². The lowest BCUT2D eigenvalue weighted by Gasteiger charge is -2.28. The van der Waals surface area contributed by atoms with Gasteiger partial charge in [0.25, 0.3) is 0 Å². The van der Waals surface area contributed by atoms with Crippen molar-refractivity contribution in [1.82, 2.24) is 9.80 Å². The second-order valence-electron chi connectivity index (χ2n) is 7.49. The van der Waals surface area contributed by atoms with Crippen LogP contribution in [0.25, 0.3) is 0 Å². The molecule has 1 aliphatic rings. The molecule has 4 nitrogen and oxygen atoms in total. The normalized spacial score (nSPS) is 18.1. The van der Waals surface area contributed by atoms with Gasteiger partial charge in [0, 0.05) is 26.2 Å². The third-order valence-corrected chi connectivity index (χ3v) is 4.83. The highest BCUT2D eigenvalue weighted by Crippen LogP contribution is 2.20. The summed E-state index contributed by atoms with van der Waals surface area (Å²) >= 11 is 0. The number of likely N-dealkylation sites (tertiary alicyclic amines) is 1. The molecule has 0 aliphatic carbocycles. The van der Waals surface area contributed by atoms with Crippen molar-refractivity contribution in [2.75, 3.05) is 26.2 Å². The Morgan fingerprint density at radius 3 is 2.50 bits per heavy atom. The molecular weight excluding hydrogens is 369 g/mol. The zero-order chi connectivity index (χ0) is 17.5. The largest absolute Gasteiger partial charge is 0.341 e. The van der Waals surface area contributed by atoms with E-state index in [0.717, 1.165) is 45.6 Å². The first kappa shape index (κ1) is 25.2. The topological polar surface area (TPSA) is 49.6 Å². The second kappa shape index (κ2) is 12.6. The highest BCUT2D eigenvalue weighted by atomic mass is 35.5. The third-order valence-electron chi connectivity index (χ3n) is 4.83. The molecule has 1 unspecified atom stereocenters. The lowest BCUT2D eigenvalue weighted by Crippen LogP contribution is -2.46. The molecule has 2 N–H and O–H groups in total. The van der Waals surface area contributed by atoms with Crippen molar-refractivity contribution in [2.24, 2.45) is 17.6 Å². The van der Waals surface area contributed by atoms with Crippen LogP contribution < -0.4 is 5.73 Å². The first-order valence-electron chi connectivity index (χ1n) is 9.30. The molecule has 2 rings (SSSR count). The molecule has 1 aromatic rings. The Balaban J connectivity index is 0.00000312. The van der Waals surface area contributed by atoms with Gasteiger partial charge in [-0.1, -0.05) is 44.2 Å². The molecule has 1 saturated heterocycles. The molecule has 150 valence electrons. The molecule has 1 aromatic carbocycles. The number of likely N-dealkylation sites (N-methyl/N-ethyl adjacent to an activating group) is 1. The number of rotatable bonds is 8. The van der Waals surface area contributed by atoms with Crippen LogP contribution in [0.5, 0.6) is 0 Å². The summed E-state index contributed by atoms with van der Waals surface area (Å²) in [6, 6.07) is 10.3. The smallest absolute Gasteiger partial charge is 0.239 e. The number of amides is 1. The van der Waals surface area contributed by atoms with E-state index in [1.54, 1.807) is 0 Å². The van der Waals surface area contributed by atoms with Gasteiger partial charge in [-0.15, -0.1) is 24.8 Å². The summed E-state index contributed by atoms with van der Waals surface area (Å²) in [5.41, 5.74) is 7.46. The van der Waals surface area contributed by atoms with Crippen LogP contribution in [0.3, 0.4) is 0 Å². The fourth-order valence-electron chi connectivity index (χ4n) is 3.58. The molecular formula is C20H35Cl2N3O. The van der Waals surface area contributed by atoms with E-state index in [1.807, 2.05) is 4.90 Å². The molecule has 0 bridgehead atoms. The standard InChI is InChI=1S/C20H33N3O.2ClH/c1-4-23(20(24)19(21)12-16(2)3)15-18-10-11-22(14-18)13-17-8-6-5-7-9-17;;/h5-9,16,18-19H,4,10-15,21H2,1-3H3;2*1H/t18?,19-;;/m0../s1. The maximum Gasteiger partial charge on any atom is 0.239 e. The number of carbonyl (C=O) groups is 1. The van der Waals surface area contributed by atoms with Gasteiger partial charge in [-0.3, -0.25) is 9.69 Å². The van der Waals surface area contributed by atoms with Crippen molar-refractivity contribution in [1.29, 1.82) is 0 Å². The molecule has 1 fully saturated rings. The summed E-state index contributed by atoms with van der Waals surface area (Å²) in [7, 11) is 0. The van der Waals surface area contributed by atoms with Crippen LogP contribution in [0.2, 0.25) is 0 Å². The lowest BCUT2D eigenvalue weighted by molar-refractivity contribution is -0.133. The predicted octanol–water partition coefficient (Wildman–Crippen LogP) is 3.57. The van der Waals surface area contributed by atoms with Crippen molar-refractivity contribution in [3.8, 4) is 0 Å². The Labute approximate surface area is 171 Å². The SMILES string of the molecule is CCN(CC1CCN(Cc2ccccc2)C1)C(=O)[C@@H](N)CC(C)C.Cl.Cl. The molecule has 6 heteroatoms. The average Bonchev–Trinajstić information content (AvgIpc) is 2.99. The highest BCUT2D eigenvalue weighted by Gasteiger charge is 2.27. The zero-order valence-electron chi connectivity index (χ0n) is 16.3. The van der Waals surface area contributed by atoms with Crippen molar-refractivity contribution in [3.63, 3.8) is 0 Å². The van der Waals surface area contributed by atoms with Gasteiger partial charge in [0.1, 0.15) is 0 Å². The van der Waals surface area contributed by atoms with Gasteiger partial charge in [0.2, 0.25) is 5.91 Å². The maximum atomic E-state index is 12.6. The van der Waals surface area contributed by atoms with Crippen LogP contribution in [-0.2, 0) is 11.3 Å². The van der Waals surface area contributed by atoms with Gasteiger partial charge in [-0.25, -0.2) is 0 Å². The van der Waals surface area contributed by atoms with E-state index < -0.39 is 0 Å². The molecule has 1 amide bonds. The highest BCUT2D eigenvalue weighted by molar-refractivity contribution is 5.85. The monoisotopic (exact) mass is 403 g/mol. The van der Waals surface area contributed by atoms with E-state index in [2.05, 4.69) is 56.0 Å². The molecule has 0 radical (unpaired) electrons. The number of nitrogens with two attached hydrogens (primary N) is 1. The number of halogens is 2. The van der Waals surface area contributed by atoms with Crippen molar-refractivity contribution in [3.05, 3.63) is 35.9 Å². The van der Waals surface area contributed by atoms with Crippen LogP contribution in [0.15, 0.2) is 30.3 Å². The summed E-state index contributed by atoms with van der Waals surface area (Å²) < 4.78 is 0. The Bertz CT molecular complexity index is 513. The quantitative estimate of drug-likeness (QED) is 0.721. The van der Waals surface area contributed by atoms with Gasteiger partial charge in [-0.2, -0.15) is 0 Å². The van der Waals surface area contributed by atoms with Crippen LogP contribution >= 0.6 is 24.8 Å². The van der Waals surface area contributed by atoms with E-state index in [1.165, 1.54) is 5.56 Å². The number of hydrogen-bond donors (Lipinski definition) is 1. The van der Waals surface area contributed by atoms with E-state index >= 15 is 0 Å². The Morgan fingerprint density at radius 2 is 1.92 bits per heavy atom. The van der Waals surface area contributed by atoms with Crippen LogP contribution in [-0.4, -0.2) is 47.9 Å². The Hall–Kier alpha value is -0.810. The summed E-state index contributed by atoms with van der Waals surface area (Å²) in [6.45, 7) is 11.1. The minimum atomic E-state index is -0.355. The lowest BCUT2D eigenvalue weighted by atomic mass is 10.0. The number of nitrogens with zero attached hydrogens (tertiary/aromatic N) is 2. The summed E-state index contributed by atoms with van der Waals surface area (Å²) in [4.78, 5) is 17.0. The van der Waals surface area contributed by atoms with Crippen LogP contribution in [0.4, 0.5) is 0 Å². The molecule has 26 heavy (non-hydrogen) atoms.